The molecule has 1 nitrogen and oxygen atoms in total. The summed E-state index contributed by atoms with van der Waals surface area (Å²) in [7, 11) is 0. The molecule has 1 aliphatic rings. The molecule has 1 rings (SSSR count). The van der Waals surface area contributed by atoms with Gasteiger partial charge in [0, 0.05) is 6.54 Å². The largest absolute Gasteiger partial charge is 0.303 e. The smallest absolute Gasteiger partial charge is 0.00225 e. The number of thiol groups is 1. The Bertz CT molecular complexity index is 230. The van der Waals surface area contributed by atoms with Crippen LogP contribution in [0.3, 0.4) is 0 Å². The summed E-state index contributed by atoms with van der Waals surface area (Å²) in [4.78, 5) is 2.67. The molecular weight excluding hydrogens is 226 g/mol. The zero-order chi connectivity index (χ0) is 13.1. The van der Waals surface area contributed by atoms with Crippen LogP contribution in [0.25, 0.3) is 0 Å². The van der Waals surface area contributed by atoms with E-state index in [4.69, 9.17) is 0 Å². The molecule has 1 saturated heterocycles. The summed E-state index contributed by atoms with van der Waals surface area (Å²) in [6.45, 7) is 15.6. The fourth-order valence-corrected chi connectivity index (χ4v) is 3.24. The van der Waals surface area contributed by atoms with Crippen molar-refractivity contribution in [3.63, 3.8) is 0 Å². The van der Waals surface area contributed by atoms with E-state index in [1.165, 1.54) is 38.9 Å². The van der Waals surface area contributed by atoms with Gasteiger partial charge in [-0.25, -0.2) is 0 Å². The Morgan fingerprint density at radius 1 is 1.18 bits per heavy atom. The summed E-state index contributed by atoms with van der Waals surface area (Å²) in [5.74, 6) is 1.70. The van der Waals surface area contributed by atoms with E-state index in [-0.39, 0.29) is 0 Å². The molecule has 0 spiro atoms. The third-order valence-corrected chi connectivity index (χ3v) is 4.80. The van der Waals surface area contributed by atoms with Crippen molar-refractivity contribution in [2.24, 2.45) is 16.7 Å². The van der Waals surface area contributed by atoms with Crippen molar-refractivity contribution in [1.29, 1.82) is 0 Å². The molecule has 2 heteroatoms. The van der Waals surface area contributed by atoms with Gasteiger partial charge in [0.1, 0.15) is 0 Å². The van der Waals surface area contributed by atoms with Gasteiger partial charge in [0.25, 0.3) is 0 Å². The highest BCUT2D eigenvalue weighted by atomic mass is 32.1. The van der Waals surface area contributed by atoms with E-state index >= 15 is 0 Å². The lowest BCUT2D eigenvalue weighted by Crippen LogP contribution is -2.37. The molecule has 1 fully saturated rings. The number of likely N-dealkylation sites (tertiary alicyclic amines) is 1. The Balaban J connectivity index is 2.51. The molecule has 1 heterocycles. The van der Waals surface area contributed by atoms with Crippen LogP contribution in [-0.4, -0.2) is 30.3 Å². The maximum atomic E-state index is 4.54. The standard InChI is InChI=1S/C15H31NS/c1-14(2,3)13(12-17)11-16-9-6-7-15(4,5)8-10-16/h13,17H,6-12H2,1-5H3. The molecule has 102 valence electrons. The summed E-state index contributed by atoms with van der Waals surface area (Å²) in [5.41, 5.74) is 0.927. The first-order valence-corrected chi connectivity index (χ1v) is 7.71. The van der Waals surface area contributed by atoms with Gasteiger partial charge < -0.3 is 4.90 Å². The fraction of sp³-hybridized carbons (Fsp3) is 1.00. The summed E-state index contributed by atoms with van der Waals surface area (Å²) >= 11 is 4.54. The molecule has 1 atom stereocenters. The molecule has 0 amide bonds. The van der Waals surface area contributed by atoms with E-state index in [1.807, 2.05) is 0 Å². The first kappa shape index (κ1) is 15.4. The number of hydrogen-bond acceptors (Lipinski definition) is 2. The van der Waals surface area contributed by atoms with Crippen molar-refractivity contribution in [3.8, 4) is 0 Å². The van der Waals surface area contributed by atoms with Crippen molar-refractivity contribution in [2.75, 3.05) is 25.4 Å². The quantitative estimate of drug-likeness (QED) is 0.745. The van der Waals surface area contributed by atoms with Gasteiger partial charge in [-0.2, -0.15) is 12.6 Å². The molecule has 0 aromatic rings. The lowest BCUT2D eigenvalue weighted by molar-refractivity contribution is 0.164. The third-order valence-electron chi connectivity index (χ3n) is 4.36. The normalized spacial score (nSPS) is 24.4. The molecule has 0 aromatic carbocycles. The predicted octanol–water partition coefficient (Wildman–Crippen LogP) is 4.09. The minimum atomic E-state index is 0.379. The highest BCUT2D eigenvalue weighted by Gasteiger charge is 2.28. The van der Waals surface area contributed by atoms with Gasteiger partial charge in [0.15, 0.2) is 0 Å². The number of hydrogen-bond donors (Lipinski definition) is 1. The van der Waals surface area contributed by atoms with Gasteiger partial charge in [0.05, 0.1) is 0 Å². The predicted molar refractivity (Wildman–Crippen MR) is 80.9 cm³/mol. The highest BCUT2D eigenvalue weighted by molar-refractivity contribution is 7.80. The average Bonchev–Trinajstić information content (AvgIpc) is 2.34. The summed E-state index contributed by atoms with van der Waals surface area (Å²) in [6.07, 6.45) is 4.08. The summed E-state index contributed by atoms with van der Waals surface area (Å²) < 4.78 is 0. The molecule has 0 aromatic heterocycles. The topological polar surface area (TPSA) is 3.24 Å². The van der Waals surface area contributed by atoms with Crippen molar-refractivity contribution in [1.82, 2.24) is 4.90 Å². The van der Waals surface area contributed by atoms with E-state index < -0.39 is 0 Å². The van der Waals surface area contributed by atoms with Crippen LogP contribution < -0.4 is 0 Å². The van der Waals surface area contributed by atoms with Crippen molar-refractivity contribution >= 4 is 12.6 Å². The Labute approximate surface area is 114 Å². The van der Waals surface area contributed by atoms with Crippen LogP contribution in [-0.2, 0) is 0 Å². The minimum Gasteiger partial charge on any atom is -0.303 e. The van der Waals surface area contributed by atoms with Crippen LogP contribution >= 0.6 is 12.6 Å². The SMILES string of the molecule is CC1(C)CCCN(CC(CS)C(C)(C)C)CC1. The van der Waals surface area contributed by atoms with E-state index in [0.717, 1.165) is 5.75 Å². The Morgan fingerprint density at radius 2 is 1.82 bits per heavy atom. The van der Waals surface area contributed by atoms with Crippen molar-refractivity contribution < 1.29 is 0 Å². The molecular formula is C15H31NS. The Hall–Kier alpha value is 0.310. The zero-order valence-corrected chi connectivity index (χ0v) is 13.3. The van der Waals surface area contributed by atoms with Crippen LogP contribution in [0.5, 0.6) is 0 Å². The second kappa shape index (κ2) is 5.97. The Morgan fingerprint density at radius 3 is 2.35 bits per heavy atom. The van der Waals surface area contributed by atoms with Gasteiger partial charge in [-0.3, -0.25) is 0 Å². The summed E-state index contributed by atoms with van der Waals surface area (Å²) in [6, 6.07) is 0. The van der Waals surface area contributed by atoms with Crippen molar-refractivity contribution in [3.05, 3.63) is 0 Å². The van der Waals surface area contributed by atoms with Gasteiger partial charge >= 0.3 is 0 Å². The maximum Gasteiger partial charge on any atom is 0.00225 e. The second-order valence-electron chi connectivity index (χ2n) is 7.56. The number of nitrogens with zero attached hydrogens (tertiary/aromatic N) is 1. The van der Waals surface area contributed by atoms with E-state index in [9.17, 15) is 0 Å². The number of rotatable bonds is 3. The fourth-order valence-electron chi connectivity index (χ4n) is 2.58. The van der Waals surface area contributed by atoms with Crippen LogP contribution in [0.4, 0.5) is 0 Å². The Kier molecular flexibility index (Phi) is 5.39. The lowest BCUT2D eigenvalue weighted by Gasteiger charge is -2.34. The van der Waals surface area contributed by atoms with Crippen LogP contribution in [0.2, 0.25) is 0 Å². The van der Waals surface area contributed by atoms with Crippen LogP contribution in [0.15, 0.2) is 0 Å². The molecule has 0 radical (unpaired) electrons. The minimum absolute atomic E-state index is 0.379. The third kappa shape index (κ3) is 5.21. The van der Waals surface area contributed by atoms with E-state index in [1.54, 1.807) is 0 Å². The van der Waals surface area contributed by atoms with Crippen molar-refractivity contribution in [2.45, 2.75) is 53.9 Å². The molecule has 17 heavy (non-hydrogen) atoms. The molecule has 0 N–H and O–H groups in total. The van der Waals surface area contributed by atoms with E-state index in [0.29, 0.717) is 16.7 Å². The van der Waals surface area contributed by atoms with Crippen LogP contribution in [0, 0.1) is 16.7 Å². The van der Waals surface area contributed by atoms with Gasteiger partial charge in [-0.15, -0.1) is 0 Å². The molecule has 1 aliphatic heterocycles. The molecule has 0 aliphatic carbocycles. The average molecular weight is 257 g/mol. The maximum absolute atomic E-state index is 4.54. The molecule has 1 unspecified atom stereocenters. The lowest BCUT2D eigenvalue weighted by atomic mass is 9.81. The molecule has 0 saturated carbocycles. The first-order chi connectivity index (χ1) is 7.74. The monoisotopic (exact) mass is 257 g/mol. The second-order valence-corrected chi connectivity index (χ2v) is 7.93. The molecule has 0 bridgehead atoms. The highest BCUT2D eigenvalue weighted by Crippen LogP contribution is 2.32. The van der Waals surface area contributed by atoms with Gasteiger partial charge in [-0.1, -0.05) is 34.6 Å². The summed E-state index contributed by atoms with van der Waals surface area (Å²) in [5, 5.41) is 0. The first-order valence-electron chi connectivity index (χ1n) is 7.08. The van der Waals surface area contributed by atoms with Gasteiger partial charge in [0.2, 0.25) is 0 Å². The zero-order valence-electron chi connectivity index (χ0n) is 12.4. The van der Waals surface area contributed by atoms with Gasteiger partial charge in [-0.05, 0) is 54.9 Å². The van der Waals surface area contributed by atoms with Crippen LogP contribution in [0.1, 0.15) is 53.9 Å². The van der Waals surface area contributed by atoms with E-state index in [2.05, 4.69) is 52.1 Å².